The molecule has 2 heteroatoms. The van der Waals surface area contributed by atoms with Crippen LogP contribution in [0.15, 0.2) is 10.5 Å². The molecule has 1 heterocycles. The first-order chi connectivity index (χ1) is 6.58. The summed E-state index contributed by atoms with van der Waals surface area (Å²) in [5, 5.41) is 9.93. The molecule has 1 aliphatic rings. The van der Waals surface area contributed by atoms with Gasteiger partial charge in [-0.15, -0.1) is 0 Å². The van der Waals surface area contributed by atoms with E-state index in [4.69, 9.17) is 4.42 Å². The van der Waals surface area contributed by atoms with Crippen LogP contribution in [-0.4, -0.2) is 5.11 Å². The number of furan rings is 1. The Bertz CT molecular complexity index is 325. The van der Waals surface area contributed by atoms with E-state index in [9.17, 15) is 5.11 Å². The quantitative estimate of drug-likeness (QED) is 0.745. The molecule has 1 aliphatic carbocycles. The normalized spacial score (nSPS) is 26.6. The Morgan fingerprint density at radius 2 is 2.21 bits per heavy atom. The molecule has 2 nitrogen and oxygen atoms in total. The van der Waals surface area contributed by atoms with Crippen molar-refractivity contribution in [2.24, 2.45) is 11.8 Å². The molecule has 0 aromatic carbocycles. The number of hydrogen-bond donors (Lipinski definition) is 1. The van der Waals surface area contributed by atoms with Gasteiger partial charge >= 0.3 is 0 Å². The first-order valence-electron chi connectivity index (χ1n) is 5.35. The third kappa shape index (κ3) is 1.59. The van der Waals surface area contributed by atoms with Gasteiger partial charge < -0.3 is 9.52 Å². The van der Waals surface area contributed by atoms with Gasteiger partial charge in [0, 0.05) is 12.0 Å². The molecule has 0 amide bonds. The van der Waals surface area contributed by atoms with E-state index in [0.29, 0.717) is 11.8 Å². The minimum absolute atomic E-state index is 0.316. The van der Waals surface area contributed by atoms with Crippen LogP contribution in [-0.2, 0) is 6.42 Å². The summed E-state index contributed by atoms with van der Waals surface area (Å²) in [7, 11) is 0. The maximum absolute atomic E-state index is 9.93. The summed E-state index contributed by atoms with van der Waals surface area (Å²) in [6.07, 6.45) is 1.55. The fraction of sp³-hybridized carbons (Fsp3) is 0.667. The minimum Gasteiger partial charge on any atom is -0.466 e. The summed E-state index contributed by atoms with van der Waals surface area (Å²) in [5.74, 6) is 3.09. The topological polar surface area (TPSA) is 33.4 Å². The van der Waals surface area contributed by atoms with Gasteiger partial charge in [-0.05, 0) is 31.2 Å². The summed E-state index contributed by atoms with van der Waals surface area (Å²) in [5.41, 5.74) is 1.01. The molecule has 0 fully saturated rings. The number of hydrogen-bond acceptors (Lipinski definition) is 2. The molecule has 0 aliphatic heterocycles. The van der Waals surface area contributed by atoms with Crippen molar-refractivity contribution in [1.29, 1.82) is 0 Å². The van der Waals surface area contributed by atoms with E-state index in [2.05, 4.69) is 13.8 Å². The molecule has 0 bridgehead atoms. The number of aliphatic hydroxyl groups is 1. The molecule has 2 rings (SSSR count). The van der Waals surface area contributed by atoms with Crippen LogP contribution in [0.3, 0.4) is 0 Å². The van der Waals surface area contributed by atoms with Crippen molar-refractivity contribution in [1.82, 2.24) is 0 Å². The molecule has 78 valence electrons. The molecule has 14 heavy (non-hydrogen) atoms. The predicted molar refractivity (Wildman–Crippen MR) is 55.1 cm³/mol. The van der Waals surface area contributed by atoms with Gasteiger partial charge in [-0.2, -0.15) is 0 Å². The second-order valence-corrected chi connectivity index (χ2v) is 4.70. The van der Waals surface area contributed by atoms with E-state index in [1.807, 2.05) is 13.0 Å². The van der Waals surface area contributed by atoms with Crippen LogP contribution in [0.1, 0.15) is 43.5 Å². The van der Waals surface area contributed by atoms with Crippen molar-refractivity contribution < 1.29 is 9.52 Å². The van der Waals surface area contributed by atoms with Gasteiger partial charge in [-0.3, -0.25) is 0 Å². The lowest BCUT2D eigenvalue weighted by atomic mass is 9.80. The third-order valence-corrected chi connectivity index (χ3v) is 3.24. The average Bonchev–Trinajstić information content (AvgIpc) is 2.45. The molecule has 0 saturated carbocycles. The molecule has 1 N–H and O–H groups in total. The molecule has 2 atom stereocenters. The highest BCUT2D eigenvalue weighted by atomic mass is 16.3. The van der Waals surface area contributed by atoms with E-state index < -0.39 is 0 Å². The van der Waals surface area contributed by atoms with Crippen LogP contribution >= 0.6 is 0 Å². The fourth-order valence-electron chi connectivity index (χ4n) is 2.27. The SMILES string of the molecule is Cc1cc2c(o1)CC(C(C)C)CC2O. The van der Waals surface area contributed by atoms with E-state index in [0.717, 1.165) is 29.9 Å². The third-order valence-electron chi connectivity index (χ3n) is 3.24. The van der Waals surface area contributed by atoms with Crippen LogP contribution in [0.4, 0.5) is 0 Å². The van der Waals surface area contributed by atoms with Crippen molar-refractivity contribution in [3.63, 3.8) is 0 Å². The maximum Gasteiger partial charge on any atom is 0.110 e. The smallest absolute Gasteiger partial charge is 0.110 e. The van der Waals surface area contributed by atoms with Crippen molar-refractivity contribution in [3.8, 4) is 0 Å². The Morgan fingerprint density at radius 3 is 2.86 bits per heavy atom. The molecular weight excluding hydrogens is 176 g/mol. The van der Waals surface area contributed by atoms with E-state index in [-0.39, 0.29) is 6.10 Å². The van der Waals surface area contributed by atoms with Crippen LogP contribution in [0, 0.1) is 18.8 Å². The van der Waals surface area contributed by atoms with Gasteiger partial charge in [0.2, 0.25) is 0 Å². The highest BCUT2D eigenvalue weighted by Gasteiger charge is 2.29. The Labute approximate surface area is 84.9 Å². The van der Waals surface area contributed by atoms with Gasteiger partial charge in [0.05, 0.1) is 6.10 Å². The number of aryl methyl sites for hydroxylation is 1. The van der Waals surface area contributed by atoms with Crippen molar-refractivity contribution >= 4 is 0 Å². The predicted octanol–water partition coefficient (Wildman–Crippen LogP) is 2.84. The molecule has 2 unspecified atom stereocenters. The van der Waals surface area contributed by atoms with Crippen LogP contribution < -0.4 is 0 Å². The van der Waals surface area contributed by atoms with Gasteiger partial charge in [0.15, 0.2) is 0 Å². The summed E-state index contributed by atoms with van der Waals surface area (Å²) in [6.45, 7) is 6.35. The second-order valence-electron chi connectivity index (χ2n) is 4.70. The molecular formula is C12H18O2. The Kier molecular flexibility index (Phi) is 2.40. The summed E-state index contributed by atoms with van der Waals surface area (Å²) < 4.78 is 5.60. The van der Waals surface area contributed by atoms with Gasteiger partial charge in [0.25, 0.3) is 0 Å². The van der Waals surface area contributed by atoms with E-state index in [1.165, 1.54) is 0 Å². The molecule has 0 saturated heterocycles. The Morgan fingerprint density at radius 1 is 1.50 bits per heavy atom. The average molecular weight is 194 g/mol. The highest BCUT2D eigenvalue weighted by Crippen LogP contribution is 2.37. The Balaban J connectivity index is 2.28. The first-order valence-corrected chi connectivity index (χ1v) is 5.35. The zero-order valence-electron chi connectivity index (χ0n) is 9.08. The lowest BCUT2D eigenvalue weighted by Crippen LogP contribution is -2.21. The monoisotopic (exact) mass is 194 g/mol. The first kappa shape index (κ1) is 9.78. The fourth-order valence-corrected chi connectivity index (χ4v) is 2.27. The number of rotatable bonds is 1. The van der Waals surface area contributed by atoms with Gasteiger partial charge in [-0.25, -0.2) is 0 Å². The second kappa shape index (κ2) is 3.43. The zero-order chi connectivity index (χ0) is 10.3. The van der Waals surface area contributed by atoms with Crippen molar-refractivity contribution in [2.45, 2.75) is 39.7 Å². The van der Waals surface area contributed by atoms with Gasteiger partial charge in [0.1, 0.15) is 11.5 Å². The van der Waals surface area contributed by atoms with Crippen LogP contribution in [0.5, 0.6) is 0 Å². The lowest BCUT2D eigenvalue weighted by molar-refractivity contribution is 0.111. The van der Waals surface area contributed by atoms with Gasteiger partial charge in [-0.1, -0.05) is 13.8 Å². The van der Waals surface area contributed by atoms with E-state index >= 15 is 0 Å². The largest absolute Gasteiger partial charge is 0.466 e. The highest BCUT2D eigenvalue weighted by molar-refractivity contribution is 5.26. The van der Waals surface area contributed by atoms with Crippen LogP contribution in [0.2, 0.25) is 0 Å². The molecule has 0 radical (unpaired) electrons. The minimum atomic E-state index is -0.316. The molecule has 1 aromatic heterocycles. The number of fused-ring (bicyclic) bond motifs is 1. The summed E-state index contributed by atoms with van der Waals surface area (Å²) in [6, 6.07) is 1.97. The Hall–Kier alpha value is -0.760. The van der Waals surface area contributed by atoms with Crippen molar-refractivity contribution in [3.05, 3.63) is 23.2 Å². The van der Waals surface area contributed by atoms with Crippen LogP contribution in [0.25, 0.3) is 0 Å². The van der Waals surface area contributed by atoms with Crippen molar-refractivity contribution in [2.75, 3.05) is 0 Å². The maximum atomic E-state index is 9.93. The summed E-state index contributed by atoms with van der Waals surface area (Å²) >= 11 is 0. The standard InChI is InChI=1S/C12H18O2/c1-7(2)9-5-11(13)10-4-8(3)14-12(10)6-9/h4,7,9,11,13H,5-6H2,1-3H3. The number of aliphatic hydroxyl groups excluding tert-OH is 1. The summed E-state index contributed by atoms with van der Waals surface area (Å²) in [4.78, 5) is 0. The molecule has 1 aromatic rings. The lowest BCUT2D eigenvalue weighted by Gasteiger charge is -2.27. The molecule has 0 spiro atoms. The zero-order valence-corrected chi connectivity index (χ0v) is 9.08. The van der Waals surface area contributed by atoms with E-state index in [1.54, 1.807) is 0 Å².